The lowest BCUT2D eigenvalue weighted by molar-refractivity contribution is -0.105. The van der Waals surface area contributed by atoms with Crippen LogP contribution in [0.2, 0.25) is 18.1 Å². The monoisotopic (exact) mass is 265 g/mol. The summed E-state index contributed by atoms with van der Waals surface area (Å²) in [5.74, 6) is 0. The average Bonchev–Trinajstić information content (AvgIpc) is 2.26. The third-order valence-electron chi connectivity index (χ3n) is 3.56. The van der Waals surface area contributed by atoms with Gasteiger partial charge in [0.2, 0.25) is 6.41 Å². The Bertz CT molecular complexity index is 411. The summed E-state index contributed by atoms with van der Waals surface area (Å²) >= 11 is 0. The first-order chi connectivity index (χ1) is 8.26. The molecular weight excluding hydrogens is 242 g/mol. The van der Waals surface area contributed by atoms with Crippen molar-refractivity contribution in [2.45, 2.75) is 45.5 Å². The fraction of sp³-hybridized carbons (Fsp3) is 0.500. The van der Waals surface area contributed by atoms with Crippen LogP contribution in [-0.4, -0.2) is 14.7 Å². The number of rotatable bonds is 5. The summed E-state index contributed by atoms with van der Waals surface area (Å²) in [5, 5.41) is 2.86. The van der Waals surface area contributed by atoms with Gasteiger partial charge in [0, 0.05) is 5.69 Å². The summed E-state index contributed by atoms with van der Waals surface area (Å²) in [7, 11) is -1.71. The Labute approximate surface area is 111 Å². The van der Waals surface area contributed by atoms with Gasteiger partial charge in [0.1, 0.15) is 0 Å². The molecule has 1 aromatic rings. The summed E-state index contributed by atoms with van der Waals surface area (Å²) < 4.78 is 6.14. The van der Waals surface area contributed by atoms with Crippen LogP contribution in [0.3, 0.4) is 0 Å². The van der Waals surface area contributed by atoms with Crippen LogP contribution >= 0.6 is 0 Å². The minimum Gasteiger partial charge on any atom is -0.413 e. The standard InChI is InChI=1S/C14H23NO2Si/c1-14(2,3)18(4,5)17-10-12-7-6-8-13(9-12)15-11-16/h6-9,11H,10H2,1-5H3,(H,15,16). The first-order valence-corrected chi connectivity index (χ1v) is 9.10. The maximum absolute atomic E-state index is 10.4. The van der Waals surface area contributed by atoms with Crippen molar-refractivity contribution in [3.8, 4) is 0 Å². The third kappa shape index (κ3) is 3.96. The predicted molar refractivity (Wildman–Crippen MR) is 78.1 cm³/mol. The fourth-order valence-corrected chi connectivity index (χ4v) is 2.26. The van der Waals surface area contributed by atoms with Crippen LogP contribution in [0.4, 0.5) is 5.69 Å². The van der Waals surface area contributed by atoms with Crippen LogP contribution < -0.4 is 5.32 Å². The normalized spacial score (nSPS) is 12.3. The first-order valence-electron chi connectivity index (χ1n) is 6.19. The third-order valence-corrected chi connectivity index (χ3v) is 8.04. The van der Waals surface area contributed by atoms with E-state index in [0.717, 1.165) is 11.3 Å². The topological polar surface area (TPSA) is 38.3 Å². The number of carbonyl (C=O) groups is 1. The summed E-state index contributed by atoms with van der Waals surface area (Å²) in [6.07, 6.45) is 0.688. The van der Waals surface area contributed by atoms with Gasteiger partial charge >= 0.3 is 0 Å². The second kappa shape index (κ2) is 5.67. The number of hydrogen-bond donors (Lipinski definition) is 1. The van der Waals surface area contributed by atoms with Crippen molar-refractivity contribution in [1.82, 2.24) is 0 Å². The van der Waals surface area contributed by atoms with Crippen LogP contribution in [0.25, 0.3) is 0 Å². The van der Waals surface area contributed by atoms with Crippen molar-refractivity contribution in [1.29, 1.82) is 0 Å². The maximum atomic E-state index is 10.4. The number of anilines is 1. The van der Waals surface area contributed by atoms with E-state index in [4.69, 9.17) is 4.43 Å². The van der Waals surface area contributed by atoms with Crippen LogP contribution in [0.5, 0.6) is 0 Å². The molecule has 1 N–H and O–H groups in total. The molecule has 0 fully saturated rings. The quantitative estimate of drug-likeness (QED) is 0.650. The highest BCUT2D eigenvalue weighted by atomic mass is 28.4. The zero-order valence-electron chi connectivity index (χ0n) is 11.9. The molecule has 1 amide bonds. The van der Waals surface area contributed by atoms with Crippen molar-refractivity contribution in [3.63, 3.8) is 0 Å². The molecule has 0 bridgehead atoms. The van der Waals surface area contributed by atoms with Gasteiger partial charge in [0.05, 0.1) is 6.61 Å². The molecule has 3 nitrogen and oxygen atoms in total. The highest BCUT2D eigenvalue weighted by Gasteiger charge is 2.36. The van der Waals surface area contributed by atoms with E-state index in [9.17, 15) is 4.79 Å². The van der Waals surface area contributed by atoms with E-state index >= 15 is 0 Å². The zero-order valence-corrected chi connectivity index (χ0v) is 12.9. The summed E-state index contributed by atoms with van der Waals surface area (Å²) in [6, 6.07) is 7.76. The van der Waals surface area contributed by atoms with Crippen molar-refractivity contribution in [2.24, 2.45) is 0 Å². The van der Waals surface area contributed by atoms with Crippen molar-refractivity contribution in [3.05, 3.63) is 29.8 Å². The number of carbonyl (C=O) groups excluding carboxylic acids is 1. The van der Waals surface area contributed by atoms with E-state index in [1.165, 1.54) is 0 Å². The van der Waals surface area contributed by atoms with Gasteiger partial charge in [-0.15, -0.1) is 0 Å². The molecule has 1 rings (SSSR count). The van der Waals surface area contributed by atoms with Crippen LogP contribution in [0, 0.1) is 0 Å². The molecule has 1 aromatic carbocycles. The molecule has 4 heteroatoms. The molecule has 100 valence electrons. The van der Waals surface area contributed by atoms with Crippen molar-refractivity contribution in [2.75, 3.05) is 5.32 Å². The Kier molecular flexibility index (Phi) is 4.70. The fourth-order valence-electron chi connectivity index (χ4n) is 1.30. The van der Waals surface area contributed by atoms with Gasteiger partial charge in [0.25, 0.3) is 0 Å². The van der Waals surface area contributed by atoms with Crippen LogP contribution in [0.15, 0.2) is 24.3 Å². The van der Waals surface area contributed by atoms with E-state index in [1.807, 2.05) is 24.3 Å². The Morgan fingerprint density at radius 2 is 2.00 bits per heavy atom. The van der Waals surface area contributed by atoms with Gasteiger partial charge in [-0.1, -0.05) is 32.9 Å². The van der Waals surface area contributed by atoms with Crippen LogP contribution in [0.1, 0.15) is 26.3 Å². The van der Waals surface area contributed by atoms with E-state index in [-0.39, 0.29) is 5.04 Å². The average molecular weight is 265 g/mol. The predicted octanol–water partition coefficient (Wildman–Crippen LogP) is 3.78. The lowest BCUT2D eigenvalue weighted by Crippen LogP contribution is -2.40. The second-order valence-corrected chi connectivity index (χ2v) is 10.8. The molecule has 0 aromatic heterocycles. The Balaban J connectivity index is 2.69. The molecule has 0 radical (unpaired) electrons. The molecule has 0 aliphatic carbocycles. The maximum Gasteiger partial charge on any atom is 0.211 e. The molecule has 0 heterocycles. The molecule has 0 unspecified atom stereocenters. The number of benzene rings is 1. The SMILES string of the molecule is CC(C)(C)[Si](C)(C)OCc1cccc(NC=O)c1. The molecule has 0 spiro atoms. The summed E-state index contributed by atoms with van der Waals surface area (Å²) in [5.41, 5.74) is 1.90. The van der Waals surface area contributed by atoms with Gasteiger partial charge in [-0.05, 0) is 35.8 Å². The van der Waals surface area contributed by atoms with Gasteiger partial charge in [-0.25, -0.2) is 0 Å². The molecule has 0 aliphatic rings. The largest absolute Gasteiger partial charge is 0.413 e. The minimum atomic E-state index is -1.71. The molecule has 18 heavy (non-hydrogen) atoms. The number of hydrogen-bond acceptors (Lipinski definition) is 2. The Morgan fingerprint density at radius 3 is 2.56 bits per heavy atom. The lowest BCUT2D eigenvalue weighted by Gasteiger charge is -2.36. The van der Waals surface area contributed by atoms with Crippen molar-refractivity contribution >= 4 is 20.4 Å². The first kappa shape index (κ1) is 14.9. The highest BCUT2D eigenvalue weighted by Crippen LogP contribution is 2.37. The zero-order chi connectivity index (χ0) is 13.8. The van der Waals surface area contributed by atoms with Crippen molar-refractivity contribution < 1.29 is 9.22 Å². The molecule has 0 atom stereocenters. The lowest BCUT2D eigenvalue weighted by atomic mass is 10.2. The minimum absolute atomic E-state index is 0.214. The van der Waals surface area contributed by atoms with Gasteiger partial charge in [-0.2, -0.15) is 0 Å². The number of nitrogens with one attached hydrogen (secondary N) is 1. The molecular formula is C14H23NO2Si. The highest BCUT2D eigenvalue weighted by molar-refractivity contribution is 6.74. The summed E-state index contributed by atoms with van der Waals surface area (Å²) in [4.78, 5) is 10.4. The van der Waals surface area contributed by atoms with E-state index < -0.39 is 8.32 Å². The van der Waals surface area contributed by atoms with E-state index in [1.54, 1.807) is 0 Å². The van der Waals surface area contributed by atoms with Gasteiger partial charge in [-0.3, -0.25) is 4.79 Å². The second-order valence-electron chi connectivity index (χ2n) is 6.01. The van der Waals surface area contributed by atoms with E-state index in [2.05, 4.69) is 39.2 Å². The number of amides is 1. The summed E-state index contributed by atoms with van der Waals surface area (Å²) in [6.45, 7) is 11.8. The molecule has 0 saturated carbocycles. The van der Waals surface area contributed by atoms with Crippen LogP contribution in [-0.2, 0) is 15.8 Å². The Morgan fingerprint density at radius 1 is 1.33 bits per heavy atom. The van der Waals surface area contributed by atoms with E-state index in [0.29, 0.717) is 13.0 Å². The molecule has 0 saturated heterocycles. The van der Waals surface area contributed by atoms with Gasteiger partial charge < -0.3 is 9.74 Å². The molecule has 0 aliphatic heterocycles. The smallest absolute Gasteiger partial charge is 0.211 e. The Hall–Kier alpha value is -1.13. The van der Waals surface area contributed by atoms with Gasteiger partial charge in [0.15, 0.2) is 8.32 Å².